The first-order chi connectivity index (χ1) is 17.2. The number of unbranched alkanes of at least 4 members (excludes halogenated alkanes) is 2. The fraction of sp³-hybridized carbons (Fsp3) is 0.471. The summed E-state index contributed by atoms with van der Waals surface area (Å²) in [5.74, 6) is 1.73. The van der Waals surface area contributed by atoms with Gasteiger partial charge < -0.3 is 0 Å². The van der Waals surface area contributed by atoms with E-state index < -0.39 is 0 Å². The fourth-order valence-electron chi connectivity index (χ4n) is 5.97. The molecule has 0 N–H and O–H groups in total. The van der Waals surface area contributed by atoms with Gasteiger partial charge in [-0.15, -0.1) is 0 Å². The lowest BCUT2D eigenvalue weighted by Crippen LogP contribution is -2.11. The molecule has 2 aliphatic carbocycles. The number of benzene rings is 2. The summed E-state index contributed by atoms with van der Waals surface area (Å²) in [6, 6.07) is 14.8. The standard InChI is InChI=1S/C34H43F/c1-3-5-6-8-27-15-22-32(23-16-27)33-24-17-29(25-34(33)35)10-9-28-13-20-31(21-14-28)30-18-11-26(7-4-2)12-19-30/h4,7,9-10,13-15,17,20-21,24-26,30,32H,3,5-6,8,11-12,16,18-19,22-23H2,1-2H3. The van der Waals surface area contributed by atoms with E-state index in [0.29, 0.717) is 11.8 Å². The van der Waals surface area contributed by atoms with Gasteiger partial charge in [0.05, 0.1) is 0 Å². The minimum atomic E-state index is -0.0520. The molecule has 0 nitrogen and oxygen atoms in total. The quantitative estimate of drug-likeness (QED) is 0.194. The van der Waals surface area contributed by atoms with Crippen LogP contribution in [0.25, 0.3) is 12.2 Å². The van der Waals surface area contributed by atoms with Crippen LogP contribution in [0.4, 0.5) is 4.39 Å². The van der Waals surface area contributed by atoms with Gasteiger partial charge in [0.15, 0.2) is 0 Å². The van der Waals surface area contributed by atoms with Crippen molar-refractivity contribution in [1.82, 2.24) is 0 Å². The number of hydrogen-bond acceptors (Lipinski definition) is 0. The third kappa shape index (κ3) is 7.29. The van der Waals surface area contributed by atoms with Crippen LogP contribution in [0.15, 0.2) is 66.3 Å². The highest BCUT2D eigenvalue weighted by atomic mass is 19.1. The zero-order valence-electron chi connectivity index (χ0n) is 21.8. The van der Waals surface area contributed by atoms with Crippen molar-refractivity contribution < 1.29 is 4.39 Å². The summed E-state index contributed by atoms with van der Waals surface area (Å²) in [4.78, 5) is 0. The molecule has 0 bridgehead atoms. The van der Waals surface area contributed by atoms with E-state index >= 15 is 0 Å². The van der Waals surface area contributed by atoms with Gasteiger partial charge in [-0.3, -0.25) is 0 Å². The first kappa shape index (κ1) is 25.7. The Morgan fingerprint density at radius 1 is 0.857 bits per heavy atom. The normalized spacial score (nSPS) is 23.2. The van der Waals surface area contributed by atoms with Crippen LogP contribution in [0.1, 0.15) is 119 Å². The Hall–Kier alpha value is -2.41. The highest BCUT2D eigenvalue weighted by Gasteiger charge is 2.21. The zero-order chi connectivity index (χ0) is 24.5. The molecule has 186 valence electrons. The van der Waals surface area contributed by atoms with E-state index in [1.807, 2.05) is 12.1 Å². The predicted octanol–water partition coefficient (Wildman–Crippen LogP) is 10.6. The summed E-state index contributed by atoms with van der Waals surface area (Å²) in [7, 11) is 0. The van der Waals surface area contributed by atoms with Crippen molar-refractivity contribution in [1.29, 1.82) is 0 Å². The van der Waals surface area contributed by atoms with Crippen molar-refractivity contribution in [3.8, 4) is 0 Å². The molecule has 0 aliphatic heterocycles. The molecule has 1 fully saturated rings. The molecule has 0 radical (unpaired) electrons. The second-order valence-corrected chi connectivity index (χ2v) is 10.7. The van der Waals surface area contributed by atoms with Crippen molar-refractivity contribution in [2.24, 2.45) is 5.92 Å². The molecule has 2 aliphatic rings. The van der Waals surface area contributed by atoms with E-state index in [9.17, 15) is 4.39 Å². The van der Waals surface area contributed by atoms with Crippen molar-refractivity contribution in [2.45, 2.75) is 96.3 Å². The molecule has 0 aromatic heterocycles. The largest absolute Gasteiger partial charge is 0.207 e. The third-order valence-corrected chi connectivity index (χ3v) is 8.18. The van der Waals surface area contributed by atoms with Crippen LogP contribution in [0.3, 0.4) is 0 Å². The maximum Gasteiger partial charge on any atom is 0.127 e. The van der Waals surface area contributed by atoms with E-state index in [1.54, 1.807) is 11.6 Å². The van der Waals surface area contributed by atoms with Gasteiger partial charge in [-0.25, -0.2) is 4.39 Å². The second-order valence-electron chi connectivity index (χ2n) is 10.7. The Balaban J connectivity index is 1.32. The zero-order valence-corrected chi connectivity index (χ0v) is 21.8. The Morgan fingerprint density at radius 3 is 2.26 bits per heavy atom. The van der Waals surface area contributed by atoms with Crippen LogP contribution in [0.5, 0.6) is 0 Å². The number of allylic oxidation sites excluding steroid dienone is 4. The lowest BCUT2D eigenvalue weighted by Gasteiger charge is -2.27. The Kier molecular flexibility index (Phi) is 9.57. The fourth-order valence-corrected chi connectivity index (χ4v) is 5.97. The lowest BCUT2D eigenvalue weighted by atomic mass is 9.78. The molecule has 0 amide bonds. The van der Waals surface area contributed by atoms with E-state index in [2.05, 4.69) is 68.5 Å². The summed E-state index contributed by atoms with van der Waals surface area (Å²) in [6.07, 6.45) is 24.6. The molecule has 1 atom stereocenters. The van der Waals surface area contributed by atoms with Gasteiger partial charge in [-0.2, -0.15) is 0 Å². The van der Waals surface area contributed by atoms with E-state index in [-0.39, 0.29) is 5.82 Å². The molecule has 1 heteroatoms. The second kappa shape index (κ2) is 13.1. The molecular weight excluding hydrogens is 427 g/mol. The van der Waals surface area contributed by atoms with Crippen LogP contribution in [-0.4, -0.2) is 0 Å². The number of halogens is 1. The van der Waals surface area contributed by atoms with Gasteiger partial charge in [0.2, 0.25) is 0 Å². The van der Waals surface area contributed by atoms with Crippen LogP contribution >= 0.6 is 0 Å². The highest BCUT2D eigenvalue weighted by molar-refractivity contribution is 5.69. The Bertz CT molecular complexity index is 1020. The number of hydrogen-bond donors (Lipinski definition) is 0. The predicted molar refractivity (Wildman–Crippen MR) is 150 cm³/mol. The maximum absolute atomic E-state index is 15.0. The van der Waals surface area contributed by atoms with Gasteiger partial charge in [-0.05, 0) is 111 Å². The molecule has 1 unspecified atom stereocenters. The molecule has 2 aromatic rings. The monoisotopic (exact) mass is 470 g/mol. The van der Waals surface area contributed by atoms with Crippen molar-refractivity contribution in [3.63, 3.8) is 0 Å². The van der Waals surface area contributed by atoms with Crippen molar-refractivity contribution in [3.05, 3.63) is 94.3 Å². The van der Waals surface area contributed by atoms with Crippen molar-refractivity contribution >= 4 is 12.2 Å². The van der Waals surface area contributed by atoms with Crippen LogP contribution in [0.2, 0.25) is 0 Å². The molecule has 0 heterocycles. The molecule has 35 heavy (non-hydrogen) atoms. The Morgan fingerprint density at radius 2 is 1.60 bits per heavy atom. The van der Waals surface area contributed by atoms with E-state index in [4.69, 9.17) is 0 Å². The van der Waals surface area contributed by atoms with Crippen LogP contribution in [0, 0.1) is 11.7 Å². The molecule has 1 saturated carbocycles. The summed E-state index contributed by atoms with van der Waals surface area (Å²) in [5.41, 5.74) is 6.05. The molecule has 0 saturated heterocycles. The first-order valence-corrected chi connectivity index (χ1v) is 14.0. The van der Waals surface area contributed by atoms with Crippen LogP contribution in [-0.2, 0) is 0 Å². The number of rotatable bonds is 9. The minimum absolute atomic E-state index is 0.0520. The molecular formula is C34H43F. The summed E-state index contributed by atoms with van der Waals surface area (Å²) in [5, 5.41) is 0. The summed E-state index contributed by atoms with van der Waals surface area (Å²) >= 11 is 0. The smallest absolute Gasteiger partial charge is 0.127 e. The first-order valence-electron chi connectivity index (χ1n) is 14.0. The SMILES string of the molecule is CC=CC1CCC(c2ccc(C=Cc3ccc(C4CC=C(CCCCC)CC4)c(F)c3)cc2)CC1. The van der Waals surface area contributed by atoms with Gasteiger partial charge in [0, 0.05) is 0 Å². The third-order valence-electron chi connectivity index (χ3n) is 8.18. The molecule has 0 spiro atoms. The summed E-state index contributed by atoms with van der Waals surface area (Å²) < 4.78 is 15.0. The lowest BCUT2D eigenvalue weighted by molar-refractivity contribution is 0.375. The molecule has 4 rings (SSSR count). The molecule has 2 aromatic carbocycles. The van der Waals surface area contributed by atoms with Gasteiger partial charge in [-0.1, -0.05) is 92.1 Å². The van der Waals surface area contributed by atoms with Gasteiger partial charge in [0.25, 0.3) is 0 Å². The average molecular weight is 471 g/mol. The maximum atomic E-state index is 15.0. The Labute approximate surface area is 213 Å². The highest BCUT2D eigenvalue weighted by Crippen LogP contribution is 2.37. The van der Waals surface area contributed by atoms with E-state index in [1.165, 1.54) is 62.5 Å². The van der Waals surface area contributed by atoms with Crippen LogP contribution < -0.4 is 0 Å². The average Bonchev–Trinajstić information content (AvgIpc) is 2.89. The van der Waals surface area contributed by atoms with Gasteiger partial charge >= 0.3 is 0 Å². The van der Waals surface area contributed by atoms with E-state index in [0.717, 1.165) is 36.3 Å². The minimum Gasteiger partial charge on any atom is -0.207 e. The topological polar surface area (TPSA) is 0 Å². The van der Waals surface area contributed by atoms with Crippen molar-refractivity contribution in [2.75, 3.05) is 0 Å². The summed E-state index contributed by atoms with van der Waals surface area (Å²) in [6.45, 7) is 4.38. The van der Waals surface area contributed by atoms with Gasteiger partial charge in [0.1, 0.15) is 5.82 Å².